The van der Waals surface area contributed by atoms with Crippen molar-refractivity contribution in [3.63, 3.8) is 0 Å². The number of benzene rings is 1. The van der Waals surface area contributed by atoms with E-state index >= 15 is 0 Å². The number of methoxy groups -OCH3 is 1. The van der Waals surface area contributed by atoms with Crippen molar-refractivity contribution in [1.29, 1.82) is 0 Å². The van der Waals surface area contributed by atoms with Crippen LogP contribution in [0.4, 0.5) is 4.39 Å². The van der Waals surface area contributed by atoms with Gasteiger partial charge >= 0.3 is 0 Å². The molecule has 2 atom stereocenters. The summed E-state index contributed by atoms with van der Waals surface area (Å²) in [6.45, 7) is 2.57. The monoisotopic (exact) mass is 260 g/mol. The molecule has 0 aliphatic rings. The summed E-state index contributed by atoms with van der Waals surface area (Å²) in [6, 6.07) is 4.54. The minimum Gasteiger partial charge on any atom is -0.393 e. The van der Waals surface area contributed by atoms with E-state index in [2.05, 4.69) is 0 Å². The quantitative estimate of drug-likeness (QED) is 0.852. The first-order chi connectivity index (χ1) is 8.04. The number of aliphatic hydroxyl groups is 1. The molecule has 1 N–H and O–H groups in total. The van der Waals surface area contributed by atoms with Crippen LogP contribution < -0.4 is 0 Å². The first kappa shape index (κ1) is 14.4. The molecule has 1 aromatic carbocycles. The van der Waals surface area contributed by atoms with E-state index < -0.39 is 6.10 Å². The van der Waals surface area contributed by atoms with Gasteiger partial charge in [0, 0.05) is 30.7 Å². The fourth-order valence-corrected chi connectivity index (χ4v) is 2.10. The first-order valence-corrected chi connectivity index (χ1v) is 6.02. The smallest absolute Gasteiger partial charge is 0.127 e. The van der Waals surface area contributed by atoms with Gasteiger partial charge < -0.3 is 9.84 Å². The Kier molecular flexibility index (Phi) is 5.89. The molecule has 96 valence electrons. The fraction of sp³-hybridized carbons (Fsp3) is 0.538. The molecule has 1 aromatic rings. The maximum atomic E-state index is 13.5. The molecule has 4 heteroatoms. The third-order valence-electron chi connectivity index (χ3n) is 2.63. The maximum absolute atomic E-state index is 13.5. The minimum atomic E-state index is -0.602. The van der Waals surface area contributed by atoms with Gasteiger partial charge in [-0.1, -0.05) is 24.6 Å². The highest BCUT2D eigenvalue weighted by atomic mass is 35.5. The number of halogens is 2. The van der Waals surface area contributed by atoms with Gasteiger partial charge in [-0.05, 0) is 24.5 Å². The summed E-state index contributed by atoms with van der Waals surface area (Å²) in [5.74, 6) is -0.128. The summed E-state index contributed by atoms with van der Waals surface area (Å²) in [5, 5.41) is 10.2. The van der Waals surface area contributed by atoms with E-state index in [0.717, 1.165) is 0 Å². The van der Waals surface area contributed by atoms with Crippen molar-refractivity contribution in [1.82, 2.24) is 0 Å². The highest BCUT2D eigenvalue weighted by Crippen LogP contribution is 2.22. The van der Waals surface area contributed by atoms with Gasteiger partial charge in [-0.15, -0.1) is 0 Å². The van der Waals surface area contributed by atoms with Crippen molar-refractivity contribution >= 4 is 11.6 Å². The van der Waals surface area contributed by atoms with E-state index in [1.165, 1.54) is 6.07 Å². The van der Waals surface area contributed by atoms with Gasteiger partial charge in [0.05, 0.1) is 6.10 Å². The molecule has 0 aromatic heterocycles. The third-order valence-corrected chi connectivity index (χ3v) is 2.98. The van der Waals surface area contributed by atoms with Crippen LogP contribution >= 0.6 is 11.6 Å². The zero-order valence-electron chi connectivity index (χ0n) is 10.1. The maximum Gasteiger partial charge on any atom is 0.127 e. The van der Waals surface area contributed by atoms with Crippen molar-refractivity contribution in [3.8, 4) is 0 Å². The predicted octanol–water partition coefficient (Wildman–Crippen LogP) is 3.06. The Balaban J connectivity index is 2.59. The molecule has 0 bridgehead atoms. The summed E-state index contributed by atoms with van der Waals surface area (Å²) in [5.41, 5.74) is 0.381. The van der Waals surface area contributed by atoms with E-state index in [4.69, 9.17) is 16.3 Å². The molecule has 0 spiro atoms. The fourth-order valence-electron chi connectivity index (χ4n) is 1.86. The van der Waals surface area contributed by atoms with Gasteiger partial charge in [-0.3, -0.25) is 0 Å². The molecular weight excluding hydrogens is 243 g/mol. The lowest BCUT2D eigenvalue weighted by Gasteiger charge is -2.16. The van der Waals surface area contributed by atoms with E-state index in [9.17, 15) is 9.50 Å². The molecule has 1 rings (SSSR count). The summed E-state index contributed by atoms with van der Waals surface area (Å²) < 4.78 is 18.5. The van der Waals surface area contributed by atoms with Crippen molar-refractivity contribution in [2.75, 3.05) is 13.7 Å². The van der Waals surface area contributed by atoms with Crippen LogP contribution in [0, 0.1) is 11.7 Å². The van der Waals surface area contributed by atoms with Crippen LogP contribution in [0.25, 0.3) is 0 Å². The van der Waals surface area contributed by atoms with E-state index in [-0.39, 0.29) is 18.2 Å². The molecule has 0 amide bonds. The van der Waals surface area contributed by atoms with Gasteiger partial charge in [0.15, 0.2) is 0 Å². The number of rotatable bonds is 6. The Labute approximate surface area is 106 Å². The standard InChI is InChI=1S/C13H18ClFO2/c1-9(8-17-2)6-10(16)7-11-12(14)4-3-5-13(11)15/h3-5,9-10,16H,6-8H2,1-2H3. The molecule has 17 heavy (non-hydrogen) atoms. The zero-order chi connectivity index (χ0) is 12.8. The molecule has 0 radical (unpaired) electrons. The highest BCUT2D eigenvalue weighted by molar-refractivity contribution is 6.31. The van der Waals surface area contributed by atoms with Crippen LogP contribution in [-0.2, 0) is 11.2 Å². The van der Waals surface area contributed by atoms with Gasteiger partial charge in [-0.25, -0.2) is 4.39 Å². The number of aliphatic hydroxyl groups excluding tert-OH is 1. The summed E-state index contributed by atoms with van der Waals surface area (Å²) in [7, 11) is 1.62. The van der Waals surface area contributed by atoms with Crippen molar-refractivity contribution in [2.45, 2.75) is 25.9 Å². The van der Waals surface area contributed by atoms with Gasteiger partial charge in [0.2, 0.25) is 0 Å². The Morgan fingerprint density at radius 1 is 1.47 bits per heavy atom. The Hall–Kier alpha value is -0.640. The van der Waals surface area contributed by atoms with Crippen LogP contribution in [0.2, 0.25) is 5.02 Å². The predicted molar refractivity (Wildman–Crippen MR) is 66.8 cm³/mol. The van der Waals surface area contributed by atoms with Gasteiger partial charge in [0.25, 0.3) is 0 Å². The van der Waals surface area contributed by atoms with Crippen molar-refractivity contribution in [3.05, 3.63) is 34.6 Å². The van der Waals surface area contributed by atoms with Crippen LogP contribution in [0.3, 0.4) is 0 Å². The average Bonchev–Trinajstić information content (AvgIpc) is 2.24. The lowest BCUT2D eigenvalue weighted by atomic mass is 9.98. The molecular formula is C13H18ClFO2. The second-order valence-corrected chi connectivity index (χ2v) is 4.76. The Bertz CT molecular complexity index is 337. The number of hydrogen-bond acceptors (Lipinski definition) is 2. The van der Waals surface area contributed by atoms with E-state index in [1.54, 1.807) is 19.2 Å². The van der Waals surface area contributed by atoms with E-state index in [1.807, 2.05) is 6.92 Å². The number of ether oxygens (including phenoxy) is 1. The zero-order valence-corrected chi connectivity index (χ0v) is 10.9. The van der Waals surface area contributed by atoms with Crippen LogP contribution in [0.15, 0.2) is 18.2 Å². The van der Waals surface area contributed by atoms with Crippen LogP contribution in [0.5, 0.6) is 0 Å². The van der Waals surface area contributed by atoms with Crippen LogP contribution in [-0.4, -0.2) is 24.9 Å². The molecule has 2 nitrogen and oxygen atoms in total. The Morgan fingerprint density at radius 3 is 2.76 bits per heavy atom. The topological polar surface area (TPSA) is 29.5 Å². The SMILES string of the molecule is COCC(C)CC(O)Cc1c(F)cccc1Cl. The molecule has 0 aliphatic heterocycles. The molecule has 0 heterocycles. The van der Waals surface area contributed by atoms with Gasteiger partial charge in [0.1, 0.15) is 5.82 Å². The van der Waals surface area contributed by atoms with Crippen molar-refractivity contribution in [2.24, 2.45) is 5.92 Å². The summed E-state index contributed by atoms with van der Waals surface area (Å²) in [6.07, 6.45) is 0.201. The highest BCUT2D eigenvalue weighted by Gasteiger charge is 2.15. The minimum absolute atomic E-state index is 0.236. The molecule has 0 fully saturated rings. The largest absolute Gasteiger partial charge is 0.393 e. The van der Waals surface area contributed by atoms with Crippen molar-refractivity contribution < 1.29 is 14.2 Å². The molecule has 0 saturated carbocycles. The average molecular weight is 261 g/mol. The first-order valence-electron chi connectivity index (χ1n) is 5.64. The third kappa shape index (κ3) is 4.62. The Morgan fingerprint density at radius 2 is 2.18 bits per heavy atom. The van der Waals surface area contributed by atoms with E-state index in [0.29, 0.717) is 23.6 Å². The molecule has 0 saturated heterocycles. The van der Waals surface area contributed by atoms with Gasteiger partial charge in [-0.2, -0.15) is 0 Å². The second kappa shape index (κ2) is 6.94. The lowest BCUT2D eigenvalue weighted by molar-refractivity contribution is 0.101. The summed E-state index contributed by atoms with van der Waals surface area (Å²) in [4.78, 5) is 0. The second-order valence-electron chi connectivity index (χ2n) is 4.35. The van der Waals surface area contributed by atoms with Crippen LogP contribution in [0.1, 0.15) is 18.9 Å². The number of hydrogen-bond donors (Lipinski definition) is 1. The lowest BCUT2D eigenvalue weighted by Crippen LogP contribution is -2.18. The molecule has 2 unspecified atom stereocenters. The summed E-state index contributed by atoms with van der Waals surface area (Å²) >= 11 is 5.90. The normalized spacial score (nSPS) is 14.6. The molecule has 0 aliphatic carbocycles.